The van der Waals surface area contributed by atoms with Gasteiger partial charge < -0.3 is 0 Å². The lowest BCUT2D eigenvalue weighted by Crippen LogP contribution is -2.13. The quantitative estimate of drug-likeness (QED) is 0.441. The maximum atomic E-state index is 13.5. The molecular weight excluding hydrogens is 371 g/mol. The fraction of sp³-hybridized carbons (Fsp3) is 0.0588. The summed E-state index contributed by atoms with van der Waals surface area (Å²) in [6.45, 7) is 0. The highest BCUT2D eigenvalue weighted by molar-refractivity contribution is 7.13. The van der Waals surface area contributed by atoms with Crippen LogP contribution in [0, 0.1) is 0 Å². The summed E-state index contributed by atoms with van der Waals surface area (Å²) in [6.07, 6.45) is -4.56. The van der Waals surface area contributed by atoms with Crippen LogP contribution < -0.4 is 0 Å². The van der Waals surface area contributed by atoms with Crippen LogP contribution >= 0.6 is 22.9 Å². The van der Waals surface area contributed by atoms with Gasteiger partial charge in [-0.1, -0.05) is 29.8 Å². The van der Waals surface area contributed by atoms with Gasteiger partial charge in [0.2, 0.25) is 0 Å². The molecule has 4 rings (SSSR count). The molecule has 0 unspecified atom stereocenters. The highest BCUT2D eigenvalue weighted by atomic mass is 35.5. The third-order valence-electron chi connectivity index (χ3n) is 3.61. The number of fused-ring (bicyclic) bond motifs is 1. The van der Waals surface area contributed by atoms with Crippen molar-refractivity contribution in [2.24, 2.45) is 0 Å². The van der Waals surface area contributed by atoms with Gasteiger partial charge in [0.25, 0.3) is 0 Å². The van der Waals surface area contributed by atoms with Crippen molar-refractivity contribution in [1.82, 2.24) is 14.6 Å². The maximum absolute atomic E-state index is 13.5. The number of hydrogen-bond donors (Lipinski definition) is 0. The van der Waals surface area contributed by atoms with Crippen LogP contribution in [-0.2, 0) is 6.18 Å². The molecule has 3 aromatic heterocycles. The van der Waals surface area contributed by atoms with Crippen LogP contribution in [0.2, 0.25) is 5.02 Å². The molecule has 4 aromatic rings. The number of halogens is 4. The molecule has 0 aliphatic rings. The second-order valence-electron chi connectivity index (χ2n) is 5.31. The minimum atomic E-state index is -4.56. The second kappa shape index (κ2) is 5.86. The first-order chi connectivity index (χ1) is 11.9. The normalized spacial score (nSPS) is 12.0. The molecule has 8 heteroatoms. The number of nitrogens with zero attached hydrogens (tertiary/aromatic N) is 3. The number of thiophene rings is 1. The van der Waals surface area contributed by atoms with E-state index in [4.69, 9.17) is 11.6 Å². The Morgan fingerprint density at radius 3 is 2.52 bits per heavy atom. The molecule has 3 heterocycles. The largest absolute Gasteiger partial charge is 0.433 e. The van der Waals surface area contributed by atoms with E-state index in [2.05, 4.69) is 10.1 Å². The molecule has 0 N–H and O–H groups in total. The Bertz CT molecular complexity index is 1050. The van der Waals surface area contributed by atoms with Gasteiger partial charge in [0.15, 0.2) is 11.3 Å². The van der Waals surface area contributed by atoms with E-state index in [1.54, 1.807) is 36.4 Å². The van der Waals surface area contributed by atoms with E-state index in [0.29, 0.717) is 16.3 Å². The number of benzene rings is 1. The van der Waals surface area contributed by atoms with Crippen LogP contribution in [0.3, 0.4) is 0 Å². The molecule has 25 heavy (non-hydrogen) atoms. The Morgan fingerprint density at radius 2 is 1.84 bits per heavy atom. The molecule has 0 saturated heterocycles. The van der Waals surface area contributed by atoms with Gasteiger partial charge in [0, 0.05) is 16.7 Å². The van der Waals surface area contributed by atoms with E-state index in [1.165, 1.54) is 11.3 Å². The van der Waals surface area contributed by atoms with Gasteiger partial charge in [0.1, 0.15) is 5.69 Å². The van der Waals surface area contributed by atoms with E-state index in [9.17, 15) is 13.2 Å². The van der Waals surface area contributed by atoms with Crippen LogP contribution in [0.15, 0.2) is 53.9 Å². The molecule has 3 nitrogen and oxygen atoms in total. The Morgan fingerprint density at radius 1 is 1.00 bits per heavy atom. The first-order valence-corrected chi connectivity index (χ1v) is 8.45. The third-order valence-corrected chi connectivity index (χ3v) is 4.74. The summed E-state index contributed by atoms with van der Waals surface area (Å²) in [4.78, 5) is 5.12. The van der Waals surface area contributed by atoms with E-state index >= 15 is 0 Å². The predicted octanol–water partition coefficient (Wildman–Crippen LogP) is 5.80. The van der Waals surface area contributed by atoms with Crippen molar-refractivity contribution in [3.05, 3.63) is 64.6 Å². The van der Waals surface area contributed by atoms with Crippen molar-refractivity contribution in [1.29, 1.82) is 0 Å². The van der Waals surface area contributed by atoms with E-state index < -0.39 is 11.9 Å². The average molecular weight is 380 g/mol. The van der Waals surface area contributed by atoms with Crippen molar-refractivity contribution in [2.75, 3.05) is 0 Å². The smallest absolute Gasteiger partial charge is 0.228 e. The molecule has 0 radical (unpaired) electrons. The van der Waals surface area contributed by atoms with Crippen molar-refractivity contribution in [3.8, 4) is 21.8 Å². The first kappa shape index (κ1) is 16.1. The Kier molecular flexibility index (Phi) is 3.77. The highest BCUT2D eigenvalue weighted by Gasteiger charge is 2.35. The Balaban J connectivity index is 1.97. The van der Waals surface area contributed by atoms with Crippen LogP contribution in [0.25, 0.3) is 27.5 Å². The van der Waals surface area contributed by atoms with Crippen LogP contribution in [0.1, 0.15) is 5.69 Å². The monoisotopic (exact) mass is 379 g/mol. The van der Waals surface area contributed by atoms with Gasteiger partial charge in [-0.3, -0.25) is 0 Å². The zero-order valence-electron chi connectivity index (χ0n) is 12.5. The summed E-state index contributed by atoms with van der Waals surface area (Å²) in [6, 6.07) is 12.7. The predicted molar refractivity (Wildman–Crippen MR) is 91.7 cm³/mol. The fourth-order valence-corrected chi connectivity index (χ4v) is 3.39. The summed E-state index contributed by atoms with van der Waals surface area (Å²) >= 11 is 7.35. The lowest BCUT2D eigenvalue weighted by atomic mass is 10.1. The van der Waals surface area contributed by atoms with Crippen molar-refractivity contribution < 1.29 is 13.2 Å². The summed E-state index contributed by atoms with van der Waals surface area (Å²) in [5.74, 6) is 0. The van der Waals surface area contributed by atoms with Crippen molar-refractivity contribution in [2.45, 2.75) is 6.18 Å². The van der Waals surface area contributed by atoms with E-state index in [-0.39, 0.29) is 11.3 Å². The van der Waals surface area contributed by atoms with Gasteiger partial charge in [0.05, 0.1) is 10.6 Å². The molecule has 0 amide bonds. The Hall–Kier alpha value is -2.38. The summed E-state index contributed by atoms with van der Waals surface area (Å²) in [5.41, 5.74) is 0.416. The van der Waals surface area contributed by atoms with Gasteiger partial charge in [-0.25, -0.2) is 9.50 Å². The van der Waals surface area contributed by atoms with Crippen LogP contribution in [0.4, 0.5) is 13.2 Å². The highest BCUT2D eigenvalue weighted by Crippen LogP contribution is 2.34. The van der Waals surface area contributed by atoms with Gasteiger partial charge >= 0.3 is 6.18 Å². The number of hydrogen-bond acceptors (Lipinski definition) is 3. The van der Waals surface area contributed by atoms with Gasteiger partial charge in [-0.2, -0.15) is 18.3 Å². The SMILES string of the molecule is FC(F)(F)c1cc(-c2cccc(Cl)c2)nc2cc(-c3cccs3)nn12. The molecule has 0 aliphatic heterocycles. The van der Waals surface area contributed by atoms with Crippen LogP contribution in [-0.4, -0.2) is 14.6 Å². The molecule has 0 fully saturated rings. The van der Waals surface area contributed by atoms with E-state index in [1.807, 2.05) is 11.4 Å². The molecule has 0 aliphatic carbocycles. The zero-order chi connectivity index (χ0) is 17.6. The minimum Gasteiger partial charge on any atom is -0.228 e. The number of alkyl halides is 3. The maximum Gasteiger partial charge on any atom is 0.433 e. The number of aromatic nitrogens is 3. The third kappa shape index (κ3) is 3.01. The lowest BCUT2D eigenvalue weighted by Gasteiger charge is -2.11. The summed E-state index contributed by atoms with van der Waals surface area (Å²) < 4.78 is 41.4. The fourth-order valence-electron chi connectivity index (χ4n) is 2.52. The molecule has 0 atom stereocenters. The standard InChI is InChI=1S/C17H9ClF3N3S/c18-11-4-1-3-10(7-11)12-8-15(17(19,20)21)24-16(22-12)9-13(23-24)14-5-2-6-25-14/h1-9H. The second-order valence-corrected chi connectivity index (χ2v) is 6.70. The van der Waals surface area contributed by atoms with Crippen LogP contribution in [0.5, 0.6) is 0 Å². The first-order valence-electron chi connectivity index (χ1n) is 7.20. The topological polar surface area (TPSA) is 30.2 Å². The number of rotatable bonds is 2. The summed E-state index contributed by atoms with van der Waals surface area (Å²) in [7, 11) is 0. The minimum absolute atomic E-state index is 0.133. The van der Waals surface area contributed by atoms with Crippen molar-refractivity contribution >= 4 is 28.6 Å². The van der Waals surface area contributed by atoms with Gasteiger partial charge in [-0.05, 0) is 29.6 Å². The molecular formula is C17H9ClF3N3S. The van der Waals surface area contributed by atoms with Gasteiger partial charge in [-0.15, -0.1) is 11.3 Å². The Labute approximate surface area is 149 Å². The molecule has 1 aromatic carbocycles. The summed E-state index contributed by atoms with van der Waals surface area (Å²) in [5, 5.41) is 6.37. The zero-order valence-corrected chi connectivity index (χ0v) is 14.0. The average Bonchev–Trinajstić information content (AvgIpc) is 3.22. The lowest BCUT2D eigenvalue weighted by molar-refractivity contribution is -0.142. The molecule has 126 valence electrons. The van der Waals surface area contributed by atoms with E-state index in [0.717, 1.165) is 15.5 Å². The molecule has 0 bridgehead atoms. The molecule has 0 saturated carbocycles. The molecule has 0 spiro atoms. The van der Waals surface area contributed by atoms with Crippen molar-refractivity contribution in [3.63, 3.8) is 0 Å².